The van der Waals surface area contributed by atoms with Crippen molar-refractivity contribution in [2.45, 2.75) is 0 Å². The fourth-order valence-corrected chi connectivity index (χ4v) is 3.77. The van der Waals surface area contributed by atoms with Crippen molar-refractivity contribution in [1.82, 2.24) is 13.9 Å². The predicted octanol–water partition coefficient (Wildman–Crippen LogP) is 5.36. The summed E-state index contributed by atoms with van der Waals surface area (Å²) < 4.78 is 21.2. The fraction of sp³-hybridized carbons (Fsp3) is 0.0667. The summed E-state index contributed by atoms with van der Waals surface area (Å²) in [6.07, 6.45) is 1.70. The summed E-state index contributed by atoms with van der Waals surface area (Å²) in [5, 5.41) is 1.13. The average molecular weight is 366 g/mol. The molecule has 3 aromatic heterocycles. The highest BCUT2D eigenvalue weighted by Crippen LogP contribution is 2.40. The lowest BCUT2D eigenvalue weighted by Crippen LogP contribution is -1.87. The van der Waals surface area contributed by atoms with Gasteiger partial charge in [-0.15, -0.1) is 15.2 Å². The Morgan fingerprint density at radius 3 is 2.96 bits per heavy atom. The molecule has 0 saturated heterocycles. The lowest BCUT2D eigenvalue weighted by atomic mass is 10.0. The molecule has 3 heterocycles. The Hall–Kier alpha value is -1.83. The molecular weight excluding hydrogens is 357 g/mol. The maximum absolute atomic E-state index is 13.3. The third kappa shape index (κ3) is 2.36. The van der Waals surface area contributed by atoms with E-state index in [1.54, 1.807) is 36.2 Å². The molecule has 0 aliphatic rings. The van der Waals surface area contributed by atoms with Gasteiger partial charge in [-0.2, -0.15) is 0 Å². The Kier molecular flexibility index (Phi) is 3.63. The van der Waals surface area contributed by atoms with Crippen LogP contribution in [0, 0.1) is 0 Å². The first-order chi connectivity index (χ1) is 11.2. The van der Waals surface area contributed by atoms with Crippen LogP contribution >= 0.6 is 35.3 Å². The molecule has 8 heteroatoms. The Morgan fingerprint density at radius 2 is 2.17 bits per heavy atom. The lowest BCUT2D eigenvalue weighted by molar-refractivity contribution is 0.417. The molecule has 0 aliphatic carbocycles. The van der Waals surface area contributed by atoms with Crippen molar-refractivity contribution in [3.05, 3.63) is 41.1 Å². The van der Waals surface area contributed by atoms with Crippen LogP contribution < -0.4 is 4.74 Å². The molecule has 0 bridgehead atoms. The van der Waals surface area contributed by atoms with E-state index < -0.39 is 0 Å². The lowest BCUT2D eigenvalue weighted by Gasteiger charge is -2.07. The van der Waals surface area contributed by atoms with Crippen molar-refractivity contribution in [2.75, 3.05) is 7.11 Å². The van der Waals surface area contributed by atoms with E-state index in [9.17, 15) is 3.89 Å². The minimum Gasteiger partial charge on any atom is -0.496 e. The molecule has 0 saturated carbocycles. The minimum absolute atomic E-state index is 0.0862. The van der Waals surface area contributed by atoms with Gasteiger partial charge in [0, 0.05) is 28.8 Å². The summed E-state index contributed by atoms with van der Waals surface area (Å²) in [6.45, 7) is 0. The first kappa shape index (κ1) is 14.7. The molecule has 23 heavy (non-hydrogen) atoms. The molecule has 1 aromatic carbocycles. The quantitative estimate of drug-likeness (QED) is 0.458. The van der Waals surface area contributed by atoms with Gasteiger partial charge in [0.1, 0.15) is 10.9 Å². The summed E-state index contributed by atoms with van der Waals surface area (Å²) >= 11 is 7.57. The van der Waals surface area contributed by atoms with E-state index in [-0.39, 0.29) is 12.3 Å². The van der Waals surface area contributed by atoms with Gasteiger partial charge in [-0.1, -0.05) is 11.6 Å². The number of aromatic nitrogens is 3. The summed E-state index contributed by atoms with van der Waals surface area (Å²) in [5.41, 5.74) is 4.84. The van der Waals surface area contributed by atoms with E-state index in [0.717, 1.165) is 26.7 Å². The molecule has 0 aliphatic heterocycles. The maximum atomic E-state index is 13.3. The first-order valence-electron chi connectivity index (χ1n) is 6.59. The van der Waals surface area contributed by atoms with Crippen molar-refractivity contribution in [2.24, 2.45) is 0 Å². The number of rotatable bonds is 3. The van der Waals surface area contributed by atoms with Crippen LogP contribution in [0.3, 0.4) is 0 Å². The number of thiazole rings is 1. The van der Waals surface area contributed by atoms with E-state index >= 15 is 0 Å². The van der Waals surface area contributed by atoms with Gasteiger partial charge in [0.2, 0.25) is 0 Å². The summed E-state index contributed by atoms with van der Waals surface area (Å²) in [6, 6.07) is 7.42. The third-order valence-electron chi connectivity index (χ3n) is 3.60. The molecule has 0 unspecified atom stereocenters. The summed E-state index contributed by atoms with van der Waals surface area (Å²) in [4.78, 5) is 8.51. The number of hydrogen-bond acceptors (Lipinski definition) is 5. The summed E-state index contributed by atoms with van der Waals surface area (Å²) in [7, 11) is 1.61. The van der Waals surface area contributed by atoms with Crippen LogP contribution in [0.25, 0.3) is 32.4 Å². The largest absolute Gasteiger partial charge is 0.496 e. The number of benzene rings is 1. The van der Waals surface area contributed by atoms with Gasteiger partial charge in [0.15, 0.2) is 18.0 Å². The van der Waals surface area contributed by atoms with Crippen molar-refractivity contribution >= 4 is 56.5 Å². The SMILES string of the molecule is COc1cc2ncsc2cc1-c1cn(SF)c2nc(Cl)ccc12. The molecule has 4 nitrogen and oxygen atoms in total. The molecular formula is C15H9ClFN3OS2. The highest BCUT2D eigenvalue weighted by molar-refractivity contribution is 7.92. The van der Waals surface area contributed by atoms with Crippen LogP contribution in [-0.4, -0.2) is 21.1 Å². The van der Waals surface area contributed by atoms with Crippen LogP contribution in [0.15, 0.2) is 36.0 Å². The standard InChI is InChI=1S/C15H9ClFN3OS2/c1-21-12-5-11-13(22-7-18-11)4-9(12)10-6-20(23-17)15-8(10)2-3-14(16)19-15/h2-7H,1H3. The molecule has 0 amide bonds. The zero-order valence-electron chi connectivity index (χ0n) is 11.8. The number of pyridine rings is 1. The van der Waals surface area contributed by atoms with Crippen LogP contribution in [0.1, 0.15) is 0 Å². The van der Waals surface area contributed by atoms with Crippen LogP contribution in [-0.2, 0) is 0 Å². The highest BCUT2D eigenvalue weighted by Gasteiger charge is 2.17. The number of hydrogen-bond donors (Lipinski definition) is 0. The van der Waals surface area contributed by atoms with E-state index in [0.29, 0.717) is 16.5 Å². The van der Waals surface area contributed by atoms with E-state index in [1.165, 1.54) is 3.97 Å². The number of halogens is 2. The molecule has 116 valence electrons. The van der Waals surface area contributed by atoms with Crippen LogP contribution in [0.5, 0.6) is 5.75 Å². The Morgan fingerprint density at radius 1 is 1.30 bits per heavy atom. The molecule has 0 fully saturated rings. The van der Waals surface area contributed by atoms with Gasteiger partial charge in [0.25, 0.3) is 0 Å². The van der Waals surface area contributed by atoms with Gasteiger partial charge < -0.3 is 4.74 Å². The highest BCUT2D eigenvalue weighted by atomic mass is 35.5. The second kappa shape index (κ2) is 5.67. The smallest absolute Gasteiger partial charge is 0.171 e. The van der Waals surface area contributed by atoms with Crippen molar-refractivity contribution in [3.8, 4) is 16.9 Å². The molecule has 4 rings (SSSR count). The number of fused-ring (bicyclic) bond motifs is 2. The Labute approximate surface area is 144 Å². The molecule has 0 radical (unpaired) electrons. The normalized spacial score (nSPS) is 11.4. The van der Waals surface area contributed by atoms with E-state index in [2.05, 4.69) is 9.97 Å². The second-order valence-corrected chi connectivity index (χ2v) is 6.62. The monoisotopic (exact) mass is 365 g/mol. The Bertz CT molecular complexity index is 1030. The minimum atomic E-state index is 0.0862. The average Bonchev–Trinajstić information content (AvgIpc) is 3.16. The fourth-order valence-electron chi connectivity index (χ4n) is 2.58. The van der Waals surface area contributed by atoms with Crippen molar-refractivity contribution in [1.29, 1.82) is 0 Å². The molecule has 4 aromatic rings. The molecule has 0 atom stereocenters. The van der Waals surface area contributed by atoms with Crippen molar-refractivity contribution in [3.63, 3.8) is 0 Å². The van der Waals surface area contributed by atoms with E-state index in [1.807, 2.05) is 18.2 Å². The third-order valence-corrected chi connectivity index (χ3v) is 5.03. The Balaban J connectivity index is 2.05. The van der Waals surface area contributed by atoms with Crippen molar-refractivity contribution < 1.29 is 8.62 Å². The number of methoxy groups -OCH3 is 1. The van der Waals surface area contributed by atoms with Gasteiger partial charge in [-0.05, 0) is 18.2 Å². The molecule has 0 N–H and O–H groups in total. The van der Waals surface area contributed by atoms with Crippen LogP contribution in [0.2, 0.25) is 5.15 Å². The predicted molar refractivity (Wildman–Crippen MR) is 94.0 cm³/mol. The van der Waals surface area contributed by atoms with Gasteiger partial charge >= 0.3 is 0 Å². The maximum Gasteiger partial charge on any atom is 0.171 e. The van der Waals surface area contributed by atoms with Gasteiger partial charge in [0.05, 0.1) is 22.8 Å². The molecule has 0 spiro atoms. The van der Waals surface area contributed by atoms with E-state index in [4.69, 9.17) is 16.3 Å². The number of nitrogens with zero attached hydrogens (tertiary/aromatic N) is 3. The number of ether oxygens (including phenoxy) is 1. The topological polar surface area (TPSA) is 39.9 Å². The van der Waals surface area contributed by atoms with Crippen LogP contribution in [0.4, 0.5) is 3.89 Å². The van der Waals surface area contributed by atoms with Gasteiger partial charge in [-0.3, -0.25) is 0 Å². The zero-order valence-corrected chi connectivity index (χ0v) is 14.2. The van der Waals surface area contributed by atoms with Gasteiger partial charge in [-0.25, -0.2) is 13.9 Å². The summed E-state index contributed by atoms with van der Waals surface area (Å²) in [5.74, 6) is 0.682. The first-order valence-corrected chi connectivity index (χ1v) is 8.52. The second-order valence-electron chi connectivity index (χ2n) is 4.82. The zero-order chi connectivity index (χ0) is 16.0.